The maximum absolute atomic E-state index is 11.4. The third-order valence-corrected chi connectivity index (χ3v) is 7.23. The summed E-state index contributed by atoms with van der Waals surface area (Å²) in [6, 6.07) is 11.2. The topological polar surface area (TPSA) is 141 Å². The molecule has 2 aliphatic carbocycles. The first-order valence-electron chi connectivity index (χ1n) is 12.2. The fraction of sp³-hybridized carbons (Fsp3) is 0.346. The zero-order chi connectivity index (χ0) is 25.5. The maximum Gasteiger partial charge on any atom is 0.307 e. The van der Waals surface area contributed by atoms with Crippen LogP contribution in [0, 0.1) is 24.7 Å². The number of nitrogens with zero attached hydrogens (tertiary/aromatic N) is 7. The van der Waals surface area contributed by atoms with E-state index in [1.807, 2.05) is 50.4 Å². The van der Waals surface area contributed by atoms with Gasteiger partial charge in [-0.1, -0.05) is 11.3 Å². The number of carboxylic acid groups (broad SMARTS) is 1. The van der Waals surface area contributed by atoms with Crippen LogP contribution in [-0.4, -0.2) is 52.1 Å². The first kappa shape index (κ1) is 23.0. The van der Waals surface area contributed by atoms with Gasteiger partial charge in [-0.3, -0.25) is 9.78 Å². The van der Waals surface area contributed by atoms with Crippen LogP contribution in [0.5, 0.6) is 5.75 Å². The number of carbonyl (C=O) groups is 1. The third-order valence-electron chi connectivity index (χ3n) is 7.23. The summed E-state index contributed by atoms with van der Waals surface area (Å²) in [5.74, 6) is 0.512. The average Bonchev–Trinajstić information content (AvgIpc) is 3.32. The fourth-order valence-corrected chi connectivity index (χ4v) is 5.32. The van der Waals surface area contributed by atoms with E-state index in [9.17, 15) is 9.90 Å². The average molecular weight is 499 g/mol. The van der Waals surface area contributed by atoms with Crippen molar-refractivity contribution in [3.63, 3.8) is 0 Å². The van der Waals surface area contributed by atoms with E-state index in [2.05, 4.69) is 30.6 Å². The number of aromatic nitrogens is 7. The van der Waals surface area contributed by atoms with E-state index >= 15 is 0 Å². The predicted octanol–water partition coefficient (Wildman–Crippen LogP) is 3.14. The molecule has 2 fully saturated rings. The van der Waals surface area contributed by atoms with Gasteiger partial charge in [0.2, 0.25) is 5.95 Å². The van der Waals surface area contributed by atoms with E-state index in [1.165, 1.54) is 0 Å². The largest absolute Gasteiger partial charge is 0.488 e. The second-order valence-electron chi connectivity index (χ2n) is 9.46. The highest BCUT2D eigenvalue weighted by molar-refractivity contribution is 5.75. The number of hydrogen-bond acceptors (Lipinski definition) is 9. The van der Waals surface area contributed by atoms with Gasteiger partial charge in [-0.05, 0) is 56.0 Å². The van der Waals surface area contributed by atoms with Crippen LogP contribution in [0.15, 0.2) is 48.8 Å². The Balaban J connectivity index is 1.17. The summed E-state index contributed by atoms with van der Waals surface area (Å²) in [7, 11) is 1.83. The molecule has 0 bridgehead atoms. The number of hydrogen-bond donors (Lipinski definition) is 2. The van der Waals surface area contributed by atoms with Gasteiger partial charge in [0.05, 0.1) is 40.9 Å². The molecule has 6 rings (SSSR count). The second-order valence-corrected chi connectivity index (χ2v) is 9.46. The van der Waals surface area contributed by atoms with Crippen molar-refractivity contribution < 1.29 is 14.6 Å². The molecule has 0 radical (unpaired) electrons. The number of aliphatic carboxylic acids is 1. The molecule has 4 aromatic heterocycles. The monoisotopic (exact) mass is 498 g/mol. The van der Waals surface area contributed by atoms with Crippen LogP contribution in [0.1, 0.15) is 24.2 Å². The minimum Gasteiger partial charge on any atom is -0.488 e. The van der Waals surface area contributed by atoms with E-state index in [0.29, 0.717) is 29.6 Å². The van der Waals surface area contributed by atoms with Gasteiger partial charge in [0.25, 0.3) is 0 Å². The molecule has 188 valence electrons. The van der Waals surface area contributed by atoms with Gasteiger partial charge in [0.1, 0.15) is 17.5 Å². The van der Waals surface area contributed by atoms with Crippen LogP contribution in [0.2, 0.25) is 0 Å². The van der Waals surface area contributed by atoms with Gasteiger partial charge in [-0.25, -0.2) is 19.6 Å². The third kappa shape index (κ3) is 4.37. The molecule has 3 unspecified atom stereocenters. The highest BCUT2D eigenvalue weighted by Crippen LogP contribution is 2.58. The molecule has 0 aliphatic heterocycles. The number of anilines is 1. The van der Waals surface area contributed by atoms with E-state index < -0.39 is 5.97 Å². The molecular weight excluding hydrogens is 472 g/mol. The second kappa shape index (κ2) is 9.23. The van der Waals surface area contributed by atoms with Crippen molar-refractivity contribution in [3.8, 4) is 28.5 Å². The molecule has 11 heteroatoms. The summed E-state index contributed by atoms with van der Waals surface area (Å²) < 4.78 is 7.92. The summed E-state index contributed by atoms with van der Waals surface area (Å²) in [5.41, 5.74) is 4.38. The van der Waals surface area contributed by atoms with Crippen LogP contribution in [0.4, 0.5) is 5.95 Å². The fourth-order valence-electron chi connectivity index (χ4n) is 5.32. The SMILES string of the molecule is Cc1nc(-c2nnn(C)c2CNc2nccc(-c3ccccn3)n2)ccc1O[C@@H]1CCC2C(C(=O)O)C21. The molecule has 2 aliphatic rings. The minimum atomic E-state index is -0.717. The lowest BCUT2D eigenvalue weighted by Gasteiger charge is -2.18. The van der Waals surface area contributed by atoms with Crippen molar-refractivity contribution in [2.24, 2.45) is 24.8 Å². The van der Waals surface area contributed by atoms with Gasteiger partial charge in [-0.15, -0.1) is 5.10 Å². The van der Waals surface area contributed by atoms with Crippen LogP contribution in [0.3, 0.4) is 0 Å². The highest BCUT2D eigenvalue weighted by atomic mass is 16.5. The van der Waals surface area contributed by atoms with Gasteiger partial charge < -0.3 is 15.2 Å². The van der Waals surface area contributed by atoms with Crippen molar-refractivity contribution in [2.45, 2.75) is 32.4 Å². The van der Waals surface area contributed by atoms with Crippen LogP contribution in [0.25, 0.3) is 22.8 Å². The Morgan fingerprint density at radius 3 is 2.73 bits per heavy atom. The summed E-state index contributed by atoms with van der Waals surface area (Å²) >= 11 is 0. The lowest BCUT2D eigenvalue weighted by Crippen LogP contribution is -2.20. The lowest BCUT2D eigenvalue weighted by molar-refractivity contribution is -0.139. The van der Waals surface area contributed by atoms with Crippen molar-refractivity contribution in [1.29, 1.82) is 0 Å². The van der Waals surface area contributed by atoms with Crippen LogP contribution >= 0.6 is 0 Å². The number of aryl methyl sites for hydroxylation is 2. The van der Waals surface area contributed by atoms with Crippen LogP contribution < -0.4 is 10.1 Å². The van der Waals surface area contributed by atoms with Crippen LogP contribution in [-0.2, 0) is 18.4 Å². The van der Waals surface area contributed by atoms with E-state index in [-0.39, 0.29) is 23.9 Å². The summed E-state index contributed by atoms with van der Waals surface area (Å²) in [5, 5.41) is 21.2. The number of ether oxygens (including phenoxy) is 1. The van der Waals surface area contributed by atoms with Crippen molar-refractivity contribution in [1.82, 2.24) is 34.9 Å². The number of fused-ring (bicyclic) bond motifs is 1. The van der Waals surface area contributed by atoms with E-state index in [4.69, 9.17) is 9.72 Å². The maximum atomic E-state index is 11.4. The van der Waals surface area contributed by atoms with Crippen molar-refractivity contribution in [3.05, 3.63) is 60.2 Å². The molecular formula is C26H26N8O3. The smallest absolute Gasteiger partial charge is 0.307 e. The first-order valence-corrected chi connectivity index (χ1v) is 12.2. The number of rotatable bonds is 8. The standard InChI is InChI=1S/C26H26N8O3/c1-14-20(37-21-8-6-15-22(21)23(15)25(35)36)9-7-18(30-14)24-19(34(2)33-32-24)13-29-26-28-12-10-17(31-26)16-5-3-4-11-27-16/h3-5,7,9-12,15,21-23H,6,8,13H2,1-2H3,(H,35,36)(H,28,29,31)/t15?,21-,22?,23?/m1/s1. The minimum absolute atomic E-state index is 0.0735. The van der Waals surface area contributed by atoms with Crippen molar-refractivity contribution in [2.75, 3.05) is 5.32 Å². The van der Waals surface area contributed by atoms with Gasteiger partial charge >= 0.3 is 5.97 Å². The molecule has 37 heavy (non-hydrogen) atoms. The van der Waals surface area contributed by atoms with E-state index in [0.717, 1.165) is 35.6 Å². The Hall–Kier alpha value is -4.41. The molecule has 2 N–H and O–H groups in total. The molecule has 11 nitrogen and oxygen atoms in total. The summed E-state index contributed by atoms with van der Waals surface area (Å²) in [6.07, 6.45) is 5.13. The Labute approximate surface area is 213 Å². The summed E-state index contributed by atoms with van der Waals surface area (Å²) in [6.45, 7) is 2.28. The Kier molecular flexibility index (Phi) is 5.74. The first-order chi connectivity index (χ1) is 18.0. The quantitative estimate of drug-likeness (QED) is 0.372. The number of pyridine rings is 2. The molecule has 0 amide bonds. The normalized spacial score (nSPS) is 21.9. The molecule has 2 saturated carbocycles. The Morgan fingerprint density at radius 2 is 1.97 bits per heavy atom. The van der Waals surface area contributed by atoms with Gasteiger partial charge in [0, 0.05) is 25.4 Å². The summed E-state index contributed by atoms with van der Waals surface area (Å²) in [4.78, 5) is 29.4. The van der Waals surface area contributed by atoms with Gasteiger partial charge in [0.15, 0.2) is 0 Å². The van der Waals surface area contributed by atoms with Gasteiger partial charge in [-0.2, -0.15) is 0 Å². The molecule has 0 saturated heterocycles. The molecule has 4 atom stereocenters. The highest BCUT2D eigenvalue weighted by Gasteiger charge is 2.63. The van der Waals surface area contributed by atoms with Crippen molar-refractivity contribution >= 4 is 11.9 Å². The zero-order valence-corrected chi connectivity index (χ0v) is 20.4. The lowest BCUT2D eigenvalue weighted by atomic mass is 10.1. The molecule has 4 aromatic rings. The molecule has 0 spiro atoms. The number of nitrogens with one attached hydrogen (secondary N) is 1. The zero-order valence-electron chi connectivity index (χ0n) is 20.4. The molecule has 4 heterocycles. The predicted molar refractivity (Wildman–Crippen MR) is 133 cm³/mol. The Bertz CT molecular complexity index is 1460. The van der Waals surface area contributed by atoms with E-state index in [1.54, 1.807) is 17.1 Å². The molecule has 0 aromatic carbocycles. The Morgan fingerprint density at radius 1 is 1.08 bits per heavy atom. The number of carboxylic acids is 1.